The Hall–Kier alpha value is -0.0800. The molecule has 2 heteroatoms. The Labute approximate surface area is 102 Å². The number of hydrogen-bond acceptors (Lipinski definition) is 2. The highest BCUT2D eigenvalue weighted by molar-refractivity contribution is 4.88. The van der Waals surface area contributed by atoms with Crippen LogP contribution in [0.4, 0.5) is 0 Å². The Bertz CT molecular complexity index is 191. The van der Waals surface area contributed by atoms with E-state index in [2.05, 4.69) is 37.9 Å². The maximum atomic E-state index is 3.63. The minimum atomic E-state index is 0.539. The third-order valence-electron chi connectivity index (χ3n) is 4.10. The van der Waals surface area contributed by atoms with Gasteiger partial charge in [-0.15, -0.1) is 0 Å². The Morgan fingerprint density at radius 3 is 2.62 bits per heavy atom. The normalized spacial score (nSPS) is 27.6. The predicted molar refractivity (Wildman–Crippen MR) is 71.8 cm³/mol. The zero-order chi connectivity index (χ0) is 12.0. The fraction of sp³-hybridized carbons (Fsp3) is 1.00. The summed E-state index contributed by atoms with van der Waals surface area (Å²) in [6.07, 6.45) is 5.34. The molecular weight excluding hydrogens is 196 g/mol. The van der Waals surface area contributed by atoms with E-state index in [9.17, 15) is 0 Å². The monoisotopic (exact) mass is 226 g/mol. The molecule has 0 radical (unpaired) electrons. The predicted octanol–water partition coefficient (Wildman–Crippen LogP) is 2.89. The molecule has 1 atom stereocenters. The van der Waals surface area contributed by atoms with Crippen LogP contribution in [-0.2, 0) is 0 Å². The first-order valence-corrected chi connectivity index (χ1v) is 7.08. The lowest BCUT2D eigenvalue weighted by atomic mass is 9.77. The van der Waals surface area contributed by atoms with E-state index in [-0.39, 0.29) is 0 Å². The molecule has 2 nitrogen and oxygen atoms in total. The summed E-state index contributed by atoms with van der Waals surface area (Å²) in [6.45, 7) is 14.2. The molecule has 0 saturated carbocycles. The Balaban J connectivity index is 2.49. The molecule has 1 heterocycles. The van der Waals surface area contributed by atoms with Gasteiger partial charge >= 0.3 is 0 Å². The van der Waals surface area contributed by atoms with Crippen molar-refractivity contribution in [3.05, 3.63) is 0 Å². The fourth-order valence-electron chi connectivity index (χ4n) is 2.78. The molecule has 0 aromatic rings. The Morgan fingerprint density at radius 1 is 1.31 bits per heavy atom. The van der Waals surface area contributed by atoms with Crippen molar-refractivity contribution >= 4 is 0 Å². The molecule has 0 amide bonds. The van der Waals surface area contributed by atoms with Crippen LogP contribution in [0.3, 0.4) is 0 Å². The van der Waals surface area contributed by atoms with Crippen LogP contribution in [0.5, 0.6) is 0 Å². The van der Waals surface area contributed by atoms with Crippen molar-refractivity contribution in [1.82, 2.24) is 10.2 Å². The molecule has 1 fully saturated rings. The van der Waals surface area contributed by atoms with Gasteiger partial charge in [-0.25, -0.2) is 0 Å². The van der Waals surface area contributed by atoms with Crippen molar-refractivity contribution in [3.63, 3.8) is 0 Å². The number of piperidine rings is 1. The van der Waals surface area contributed by atoms with Gasteiger partial charge in [-0.3, -0.25) is 0 Å². The zero-order valence-corrected chi connectivity index (χ0v) is 11.7. The summed E-state index contributed by atoms with van der Waals surface area (Å²) < 4.78 is 0. The summed E-state index contributed by atoms with van der Waals surface area (Å²) in [5, 5.41) is 3.63. The minimum absolute atomic E-state index is 0.539. The Morgan fingerprint density at radius 2 is 2.06 bits per heavy atom. The van der Waals surface area contributed by atoms with Crippen molar-refractivity contribution in [1.29, 1.82) is 0 Å². The van der Waals surface area contributed by atoms with Crippen LogP contribution in [0, 0.1) is 5.41 Å². The summed E-state index contributed by atoms with van der Waals surface area (Å²) in [5.41, 5.74) is 0.539. The van der Waals surface area contributed by atoms with Crippen LogP contribution >= 0.6 is 0 Å². The largest absolute Gasteiger partial charge is 0.316 e. The molecule has 0 aromatic heterocycles. The van der Waals surface area contributed by atoms with E-state index in [1.165, 1.54) is 51.9 Å². The summed E-state index contributed by atoms with van der Waals surface area (Å²) in [5.74, 6) is 0. The lowest BCUT2D eigenvalue weighted by molar-refractivity contribution is 0.0620. The quantitative estimate of drug-likeness (QED) is 0.701. The van der Waals surface area contributed by atoms with Crippen LogP contribution in [-0.4, -0.2) is 37.1 Å². The van der Waals surface area contributed by atoms with Gasteiger partial charge in [0.1, 0.15) is 0 Å². The van der Waals surface area contributed by atoms with Gasteiger partial charge in [0.2, 0.25) is 0 Å². The second-order valence-corrected chi connectivity index (χ2v) is 5.70. The van der Waals surface area contributed by atoms with Crippen molar-refractivity contribution in [2.45, 2.75) is 59.4 Å². The van der Waals surface area contributed by atoms with Gasteiger partial charge < -0.3 is 10.2 Å². The topological polar surface area (TPSA) is 15.3 Å². The molecule has 0 bridgehead atoms. The molecule has 1 aliphatic rings. The van der Waals surface area contributed by atoms with Crippen LogP contribution < -0.4 is 5.32 Å². The number of nitrogens with zero attached hydrogens (tertiary/aromatic N) is 1. The van der Waals surface area contributed by atoms with E-state index in [4.69, 9.17) is 0 Å². The first kappa shape index (κ1) is 14.0. The number of hydrogen-bond donors (Lipinski definition) is 1. The summed E-state index contributed by atoms with van der Waals surface area (Å²) in [4.78, 5) is 2.65. The van der Waals surface area contributed by atoms with Crippen LogP contribution in [0.1, 0.15) is 53.4 Å². The molecule has 1 unspecified atom stereocenters. The molecule has 1 N–H and O–H groups in total. The molecule has 96 valence electrons. The van der Waals surface area contributed by atoms with Gasteiger partial charge in [-0.05, 0) is 58.0 Å². The standard InChI is InChI=1S/C14H30N2/c1-5-9-15-11-14(6-2)8-7-10-16(12-14)13(3)4/h13,15H,5-12H2,1-4H3. The van der Waals surface area contributed by atoms with Gasteiger partial charge in [0.15, 0.2) is 0 Å². The zero-order valence-electron chi connectivity index (χ0n) is 11.7. The smallest absolute Gasteiger partial charge is 0.00527 e. The summed E-state index contributed by atoms with van der Waals surface area (Å²) >= 11 is 0. The summed E-state index contributed by atoms with van der Waals surface area (Å²) in [6, 6.07) is 0.706. The highest BCUT2D eigenvalue weighted by Crippen LogP contribution is 2.33. The molecule has 1 rings (SSSR count). The molecule has 1 aliphatic heterocycles. The van der Waals surface area contributed by atoms with Crippen LogP contribution in [0.2, 0.25) is 0 Å². The van der Waals surface area contributed by atoms with Gasteiger partial charge in [0.25, 0.3) is 0 Å². The SMILES string of the molecule is CCCNCC1(CC)CCCN(C(C)C)C1. The van der Waals surface area contributed by atoms with E-state index >= 15 is 0 Å². The molecule has 1 saturated heterocycles. The molecular formula is C14H30N2. The fourth-order valence-corrected chi connectivity index (χ4v) is 2.78. The maximum Gasteiger partial charge on any atom is 0.00527 e. The van der Waals surface area contributed by atoms with Crippen LogP contribution in [0.15, 0.2) is 0 Å². The average molecular weight is 226 g/mol. The van der Waals surface area contributed by atoms with Crippen molar-refractivity contribution in [2.24, 2.45) is 5.41 Å². The van der Waals surface area contributed by atoms with Crippen molar-refractivity contribution in [2.75, 3.05) is 26.2 Å². The van der Waals surface area contributed by atoms with Gasteiger partial charge in [-0.1, -0.05) is 13.8 Å². The first-order valence-electron chi connectivity index (χ1n) is 7.08. The lowest BCUT2D eigenvalue weighted by Gasteiger charge is -2.44. The minimum Gasteiger partial charge on any atom is -0.316 e. The average Bonchev–Trinajstić information content (AvgIpc) is 2.30. The van der Waals surface area contributed by atoms with E-state index in [0.717, 1.165) is 0 Å². The van der Waals surface area contributed by atoms with Gasteiger partial charge in [0.05, 0.1) is 0 Å². The third kappa shape index (κ3) is 3.74. The van der Waals surface area contributed by atoms with E-state index in [1.54, 1.807) is 0 Å². The first-order chi connectivity index (χ1) is 7.63. The third-order valence-corrected chi connectivity index (χ3v) is 4.10. The molecule has 16 heavy (non-hydrogen) atoms. The Kier molecular flexibility index (Phi) is 5.77. The number of rotatable bonds is 6. The van der Waals surface area contributed by atoms with Crippen molar-refractivity contribution < 1.29 is 0 Å². The lowest BCUT2D eigenvalue weighted by Crippen LogP contribution is -2.50. The second-order valence-electron chi connectivity index (χ2n) is 5.70. The molecule has 0 aromatic carbocycles. The second kappa shape index (κ2) is 6.61. The number of nitrogens with one attached hydrogen (secondary N) is 1. The summed E-state index contributed by atoms with van der Waals surface area (Å²) in [7, 11) is 0. The van der Waals surface area contributed by atoms with Crippen molar-refractivity contribution in [3.8, 4) is 0 Å². The van der Waals surface area contributed by atoms with E-state index in [0.29, 0.717) is 11.5 Å². The van der Waals surface area contributed by atoms with Gasteiger partial charge in [0, 0.05) is 19.1 Å². The van der Waals surface area contributed by atoms with Crippen LogP contribution in [0.25, 0.3) is 0 Å². The van der Waals surface area contributed by atoms with Gasteiger partial charge in [-0.2, -0.15) is 0 Å². The number of likely N-dealkylation sites (tertiary alicyclic amines) is 1. The highest BCUT2D eigenvalue weighted by Gasteiger charge is 2.34. The molecule has 0 aliphatic carbocycles. The van der Waals surface area contributed by atoms with E-state index in [1.807, 2.05) is 0 Å². The molecule has 0 spiro atoms. The maximum absolute atomic E-state index is 3.63. The highest BCUT2D eigenvalue weighted by atomic mass is 15.2. The van der Waals surface area contributed by atoms with E-state index < -0.39 is 0 Å².